The van der Waals surface area contributed by atoms with Gasteiger partial charge in [-0.3, -0.25) is 4.79 Å². The van der Waals surface area contributed by atoms with Gasteiger partial charge in [0.15, 0.2) is 0 Å². The van der Waals surface area contributed by atoms with Crippen molar-refractivity contribution < 1.29 is 4.79 Å². The van der Waals surface area contributed by atoms with Gasteiger partial charge in [0.05, 0.1) is 0 Å². The van der Waals surface area contributed by atoms with Crippen molar-refractivity contribution in [3.63, 3.8) is 0 Å². The van der Waals surface area contributed by atoms with E-state index in [1.807, 2.05) is 29.2 Å². The summed E-state index contributed by atoms with van der Waals surface area (Å²) in [6, 6.07) is 9.60. The van der Waals surface area contributed by atoms with Crippen LogP contribution in [0, 0.1) is 0 Å². The minimum atomic E-state index is 0.102. The second-order valence-corrected chi connectivity index (χ2v) is 5.62. The molecule has 1 aliphatic heterocycles. The van der Waals surface area contributed by atoms with Crippen LogP contribution in [0.5, 0.6) is 0 Å². The van der Waals surface area contributed by atoms with Gasteiger partial charge in [0.2, 0.25) is 5.95 Å². The van der Waals surface area contributed by atoms with Crippen molar-refractivity contribution in [2.24, 2.45) is 0 Å². The van der Waals surface area contributed by atoms with Crippen LogP contribution in [0.15, 0.2) is 42.7 Å². The summed E-state index contributed by atoms with van der Waals surface area (Å²) < 4.78 is 0. The second-order valence-electron chi connectivity index (χ2n) is 5.62. The van der Waals surface area contributed by atoms with Gasteiger partial charge in [0.25, 0.3) is 5.91 Å². The number of benzene rings is 1. The Morgan fingerprint density at radius 3 is 2.82 bits per heavy atom. The molecule has 0 aliphatic carbocycles. The van der Waals surface area contributed by atoms with Crippen LogP contribution < -0.4 is 5.32 Å². The first-order valence-corrected chi connectivity index (χ1v) is 7.69. The zero-order valence-corrected chi connectivity index (χ0v) is 12.7. The van der Waals surface area contributed by atoms with Crippen LogP contribution in [0.1, 0.15) is 36.5 Å². The molecule has 1 unspecified atom stereocenters. The van der Waals surface area contributed by atoms with E-state index < -0.39 is 0 Å². The molecule has 1 fully saturated rings. The molecule has 0 radical (unpaired) electrons. The number of hydrogen-bond donors (Lipinski definition) is 1. The molecule has 1 aliphatic rings. The Morgan fingerprint density at radius 2 is 2.05 bits per heavy atom. The Labute approximate surface area is 130 Å². The van der Waals surface area contributed by atoms with Crippen molar-refractivity contribution in [3.8, 4) is 0 Å². The van der Waals surface area contributed by atoms with E-state index in [2.05, 4.69) is 22.2 Å². The number of anilines is 2. The number of amides is 1. The van der Waals surface area contributed by atoms with Gasteiger partial charge in [-0.1, -0.05) is 6.07 Å². The first-order chi connectivity index (χ1) is 10.7. The van der Waals surface area contributed by atoms with Crippen LogP contribution >= 0.6 is 0 Å². The minimum Gasteiger partial charge on any atom is -0.336 e. The predicted octanol–water partition coefficient (Wildman–Crippen LogP) is 3.23. The maximum atomic E-state index is 12.7. The first kappa shape index (κ1) is 14.5. The van der Waals surface area contributed by atoms with Gasteiger partial charge in [0, 0.05) is 36.2 Å². The van der Waals surface area contributed by atoms with E-state index >= 15 is 0 Å². The molecule has 2 aromatic rings. The fourth-order valence-corrected chi connectivity index (χ4v) is 2.79. The van der Waals surface area contributed by atoms with Gasteiger partial charge >= 0.3 is 0 Å². The molecular weight excluding hydrogens is 276 g/mol. The Balaban J connectivity index is 1.77. The van der Waals surface area contributed by atoms with Crippen molar-refractivity contribution in [1.82, 2.24) is 14.9 Å². The largest absolute Gasteiger partial charge is 0.336 e. The van der Waals surface area contributed by atoms with E-state index in [4.69, 9.17) is 0 Å². The summed E-state index contributed by atoms with van der Waals surface area (Å²) in [4.78, 5) is 22.9. The summed E-state index contributed by atoms with van der Waals surface area (Å²) in [6.07, 6.45) is 6.74. The standard InChI is InChI=1S/C17H20N4O/c1-13-6-2-3-11-21(13)16(22)14-7-4-8-15(12-14)20-17-18-9-5-10-19-17/h4-5,7-10,12-13H,2-3,6,11H2,1H3,(H,18,19,20). The van der Waals surface area contributed by atoms with Crippen LogP contribution in [0.3, 0.4) is 0 Å². The highest BCUT2D eigenvalue weighted by Crippen LogP contribution is 2.21. The highest BCUT2D eigenvalue weighted by molar-refractivity contribution is 5.95. The average Bonchev–Trinajstić information content (AvgIpc) is 2.56. The number of likely N-dealkylation sites (tertiary alicyclic amines) is 1. The number of nitrogens with one attached hydrogen (secondary N) is 1. The minimum absolute atomic E-state index is 0.102. The van der Waals surface area contributed by atoms with E-state index in [9.17, 15) is 4.79 Å². The quantitative estimate of drug-likeness (QED) is 0.944. The van der Waals surface area contributed by atoms with Crippen molar-refractivity contribution in [2.75, 3.05) is 11.9 Å². The molecule has 1 aromatic heterocycles. The third-order valence-electron chi connectivity index (χ3n) is 4.00. The molecule has 2 heterocycles. The van der Waals surface area contributed by atoms with E-state index in [0.717, 1.165) is 25.1 Å². The van der Waals surface area contributed by atoms with Gasteiger partial charge in [0.1, 0.15) is 0 Å². The van der Waals surface area contributed by atoms with Crippen LogP contribution in [0.4, 0.5) is 11.6 Å². The molecule has 22 heavy (non-hydrogen) atoms. The molecule has 1 aromatic carbocycles. The van der Waals surface area contributed by atoms with E-state index in [1.54, 1.807) is 18.5 Å². The van der Waals surface area contributed by atoms with Crippen LogP contribution in [0.2, 0.25) is 0 Å². The summed E-state index contributed by atoms with van der Waals surface area (Å²) in [7, 11) is 0. The van der Waals surface area contributed by atoms with Crippen LogP contribution in [0.25, 0.3) is 0 Å². The third kappa shape index (κ3) is 3.24. The highest BCUT2D eigenvalue weighted by Gasteiger charge is 2.24. The van der Waals surface area contributed by atoms with Gasteiger partial charge in [-0.05, 0) is 50.5 Å². The van der Waals surface area contributed by atoms with Crippen LogP contribution in [-0.2, 0) is 0 Å². The summed E-state index contributed by atoms with van der Waals surface area (Å²) in [5.74, 6) is 0.628. The van der Waals surface area contributed by atoms with Gasteiger partial charge in [-0.2, -0.15) is 0 Å². The van der Waals surface area contributed by atoms with Gasteiger partial charge in [-0.25, -0.2) is 9.97 Å². The first-order valence-electron chi connectivity index (χ1n) is 7.69. The smallest absolute Gasteiger partial charge is 0.254 e. The normalized spacial score (nSPS) is 18.0. The van der Waals surface area contributed by atoms with Gasteiger partial charge < -0.3 is 10.2 Å². The molecule has 1 atom stereocenters. The number of aromatic nitrogens is 2. The fourth-order valence-electron chi connectivity index (χ4n) is 2.79. The zero-order chi connectivity index (χ0) is 15.4. The van der Waals surface area contributed by atoms with Crippen molar-refractivity contribution in [3.05, 3.63) is 48.3 Å². The monoisotopic (exact) mass is 296 g/mol. The van der Waals surface area contributed by atoms with Gasteiger partial charge in [-0.15, -0.1) is 0 Å². The summed E-state index contributed by atoms with van der Waals surface area (Å²) >= 11 is 0. The number of rotatable bonds is 3. The lowest BCUT2D eigenvalue weighted by molar-refractivity contribution is 0.0635. The Hall–Kier alpha value is -2.43. The maximum absolute atomic E-state index is 12.7. The molecule has 5 heteroatoms. The Morgan fingerprint density at radius 1 is 1.23 bits per heavy atom. The van der Waals surface area contributed by atoms with Crippen LogP contribution in [-0.4, -0.2) is 33.4 Å². The molecule has 0 bridgehead atoms. The SMILES string of the molecule is CC1CCCCN1C(=O)c1cccc(Nc2ncccn2)c1. The third-order valence-corrected chi connectivity index (χ3v) is 4.00. The molecule has 5 nitrogen and oxygen atoms in total. The lowest BCUT2D eigenvalue weighted by atomic mass is 10.0. The van der Waals surface area contributed by atoms with E-state index in [1.165, 1.54) is 6.42 Å². The number of hydrogen-bond acceptors (Lipinski definition) is 4. The van der Waals surface area contributed by atoms with Crippen molar-refractivity contribution in [2.45, 2.75) is 32.2 Å². The molecule has 1 amide bonds. The molecule has 1 N–H and O–H groups in total. The Bertz CT molecular complexity index is 644. The number of nitrogens with zero attached hydrogens (tertiary/aromatic N) is 3. The Kier molecular flexibility index (Phi) is 4.32. The zero-order valence-electron chi connectivity index (χ0n) is 12.7. The summed E-state index contributed by atoms with van der Waals surface area (Å²) in [5.41, 5.74) is 1.52. The maximum Gasteiger partial charge on any atom is 0.254 e. The number of piperidine rings is 1. The van der Waals surface area contributed by atoms with E-state index in [-0.39, 0.29) is 5.91 Å². The lowest BCUT2D eigenvalue weighted by Crippen LogP contribution is -2.42. The average molecular weight is 296 g/mol. The summed E-state index contributed by atoms with van der Waals surface area (Å²) in [5, 5.41) is 3.12. The topological polar surface area (TPSA) is 58.1 Å². The molecular formula is C17H20N4O. The lowest BCUT2D eigenvalue weighted by Gasteiger charge is -2.33. The second kappa shape index (κ2) is 6.56. The molecule has 0 spiro atoms. The van der Waals surface area contributed by atoms with E-state index in [0.29, 0.717) is 17.6 Å². The highest BCUT2D eigenvalue weighted by atomic mass is 16.2. The fraction of sp³-hybridized carbons (Fsp3) is 0.353. The number of carbonyl (C=O) groups excluding carboxylic acids is 1. The molecule has 114 valence electrons. The van der Waals surface area contributed by atoms with Crippen molar-refractivity contribution >= 4 is 17.5 Å². The predicted molar refractivity (Wildman–Crippen MR) is 86.1 cm³/mol. The molecule has 3 rings (SSSR count). The molecule has 0 saturated carbocycles. The van der Waals surface area contributed by atoms with Crippen molar-refractivity contribution in [1.29, 1.82) is 0 Å². The molecule has 1 saturated heterocycles. The summed E-state index contributed by atoms with van der Waals surface area (Å²) in [6.45, 7) is 2.97. The number of carbonyl (C=O) groups is 1.